The Labute approximate surface area is 81.4 Å². The Morgan fingerprint density at radius 3 is 2.21 bits per heavy atom. The van der Waals surface area contributed by atoms with E-state index in [1.54, 1.807) is 6.92 Å². The second-order valence-electron chi connectivity index (χ2n) is 3.41. The highest BCUT2D eigenvalue weighted by molar-refractivity contribution is 5.04. The Hall–Kier alpha value is -0.710. The molecule has 0 saturated carbocycles. The van der Waals surface area contributed by atoms with Crippen LogP contribution in [0.3, 0.4) is 0 Å². The van der Waals surface area contributed by atoms with Gasteiger partial charge in [0.15, 0.2) is 0 Å². The first kappa shape index (κ1) is 13.3. The van der Waals surface area contributed by atoms with Crippen LogP contribution in [0.15, 0.2) is 11.8 Å². The van der Waals surface area contributed by atoms with Gasteiger partial charge in [-0.15, -0.1) is 0 Å². The van der Waals surface area contributed by atoms with Gasteiger partial charge in [0.05, 0.1) is 0 Å². The van der Waals surface area contributed by atoms with Crippen LogP contribution in [0.5, 0.6) is 0 Å². The summed E-state index contributed by atoms with van der Waals surface area (Å²) in [7, 11) is 0. The molecular formula is C9H15F3O2. The second-order valence-corrected chi connectivity index (χ2v) is 3.41. The van der Waals surface area contributed by atoms with E-state index < -0.39 is 18.4 Å². The minimum absolute atomic E-state index is 0.177. The summed E-state index contributed by atoms with van der Waals surface area (Å²) >= 11 is 0. The molecule has 0 rings (SSSR count). The normalized spacial score (nSPS) is 14.6. The predicted octanol–water partition coefficient (Wildman–Crippen LogP) is 3.20. The van der Waals surface area contributed by atoms with E-state index in [-0.39, 0.29) is 5.76 Å². The van der Waals surface area contributed by atoms with E-state index in [2.05, 4.69) is 4.74 Å². The van der Waals surface area contributed by atoms with Crippen molar-refractivity contribution in [3.63, 3.8) is 0 Å². The van der Waals surface area contributed by atoms with E-state index in [0.29, 0.717) is 6.42 Å². The van der Waals surface area contributed by atoms with E-state index >= 15 is 0 Å². The highest BCUT2D eigenvalue weighted by Gasteiger charge is 2.33. The Balaban J connectivity index is 4.28. The summed E-state index contributed by atoms with van der Waals surface area (Å²) in [5.74, 6) is -0.177. The maximum Gasteiger partial charge on any atom is 0.411 e. The summed E-state index contributed by atoms with van der Waals surface area (Å²) in [5, 5.41) is 9.34. The first-order chi connectivity index (χ1) is 6.19. The van der Waals surface area contributed by atoms with Gasteiger partial charge < -0.3 is 9.84 Å². The monoisotopic (exact) mass is 212 g/mol. The molecule has 0 aliphatic rings. The standard InChI is InChI=1S/C9H15F3O2/c1-4-5-7(13)8(2,3)14-6-9(10,11)12/h5,13H,4,6H2,1-3H3/b7-5+. The van der Waals surface area contributed by atoms with Gasteiger partial charge >= 0.3 is 6.18 Å². The topological polar surface area (TPSA) is 29.5 Å². The molecule has 0 aliphatic heterocycles. The van der Waals surface area contributed by atoms with Gasteiger partial charge in [-0.1, -0.05) is 6.92 Å². The van der Waals surface area contributed by atoms with Crippen molar-refractivity contribution < 1.29 is 23.0 Å². The maximum atomic E-state index is 11.8. The number of hydrogen-bond acceptors (Lipinski definition) is 2. The van der Waals surface area contributed by atoms with Crippen molar-refractivity contribution in [3.05, 3.63) is 11.8 Å². The third-order valence-electron chi connectivity index (χ3n) is 1.61. The van der Waals surface area contributed by atoms with E-state index in [1.165, 1.54) is 19.9 Å². The van der Waals surface area contributed by atoms with Crippen molar-refractivity contribution in [2.45, 2.75) is 39.0 Å². The van der Waals surface area contributed by atoms with Gasteiger partial charge in [-0.2, -0.15) is 13.2 Å². The minimum Gasteiger partial charge on any atom is -0.510 e. The molecule has 1 N–H and O–H groups in total. The summed E-state index contributed by atoms with van der Waals surface area (Å²) in [6.07, 6.45) is -2.40. The summed E-state index contributed by atoms with van der Waals surface area (Å²) in [6, 6.07) is 0. The third-order valence-corrected chi connectivity index (χ3v) is 1.61. The molecule has 5 heteroatoms. The SMILES string of the molecule is CC/C=C(/O)C(C)(C)OCC(F)(F)F. The molecule has 0 atom stereocenters. The quantitative estimate of drug-likeness (QED) is 0.725. The molecule has 0 aromatic heterocycles. The average molecular weight is 212 g/mol. The number of hydrogen-bond donors (Lipinski definition) is 1. The molecule has 0 heterocycles. The zero-order valence-corrected chi connectivity index (χ0v) is 8.48. The predicted molar refractivity (Wildman–Crippen MR) is 47.1 cm³/mol. The van der Waals surface area contributed by atoms with Gasteiger partial charge in [-0.25, -0.2) is 0 Å². The maximum absolute atomic E-state index is 11.8. The highest BCUT2D eigenvalue weighted by Crippen LogP contribution is 2.23. The van der Waals surface area contributed by atoms with Crippen LogP contribution in [-0.2, 0) is 4.74 Å². The fourth-order valence-corrected chi connectivity index (χ4v) is 0.775. The zero-order valence-electron chi connectivity index (χ0n) is 8.48. The van der Waals surface area contributed by atoms with Gasteiger partial charge in [0.2, 0.25) is 0 Å². The number of alkyl halides is 3. The summed E-state index contributed by atoms with van der Waals surface area (Å²) in [6.45, 7) is 3.19. The second kappa shape index (κ2) is 4.68. The Morgan fingerprint density at radius 2 is 1.86 bits per heavy atom. The van der Waals surface area contributed by atoms with Crippen LogP contribution in [0.25, 0.3) is 0 Å². The number of ether oxygens (including phenoxy) is 1. The average Bonchev–Trinajstić information content (AvgIpc) is 2.00. The lowest BCUT2D eigenvalue weighted by molar-refractivity contribution is -0.197. The number of halogens is 3. The summed E-state index contributed by atoms with van der Waals surface area (Å²) < 4.78 is 40.0. The van der Waals surface area contributed by atoms with Crippen molar-refractivity contribution in [1.82, 2.24) is 0 Å². The van der Waals surface area contributed by atoms with Gasteiger partial charge in [0, 0.05) is 0 Å². The molecule has 0 aliphatic carbocycles. The smallest absolute Gasteiger partial charge is 0.411 e. The molecule has 0 unspecified atom stereocenters. The molecule has 0 aromatic carbocycles. The van der Waals surface area contributed by atoms with E-state index in [4.69, 9.17) is 0 Å². The van der Waals surface area contributed by atoms with Gasteiger partial charge in [-0.05, 0) is 26.3 Å². The molecule has 14 heavy (non-hydrogen) atoms. The highest BCUT2D eigenvalue weighted by atomic mass is 19.4. The van der Waals surface area contributed by atoms with Gasteiger partial charge in [0.25, 0.3) is 0 Å². The van der Waals surface area contributed by atoms with Crippen molar-refractivity contribution in [3.8, 4) is 0 Å². The van der Waals surface area contributed by atoms with Crippen molar-refractivity contribution >= 4 is 0 Å². The number of rotatable bonds is 4. The molecule has 0 fully saturated rings. The lowest BCUT2D eigenvalue weighted by atomic mass is 10.1. The first-order valence-corrected chi connectivity index (χ1v) is 4.29. The van der Waals surface area contributed by atoms with Crippen LogP contribution in [-0.4, -0.2) is 23.5 Å². The van der Waals surface area contributed by atoms with Crippen molar-refractivity contribution in [2.24, 2.45) is 0 Å². The molecule has 0 spiro atoms. The fourth-order valence-electron chi connectivity index (χ4n) is 0.775. The lowest BCUT2D eigenvalue weighted by Crippen LogP contribution is -2.32. The largest absolute Gasteiger partial charge is 0.510 e. The van der Waals surface area contributed by atoms with Gasteiger partial charge in [-0.3, -0.25) is 0 Å². The first-order valence-electron chi connectivity index (χ1n) is 4.29. The van der Waals surface area contributed by atoms with Crippen LogP contribution in [0.2, 0.25) is 0 Å². The number of allylic oxidation sites excluding steroid dienone is 1. The summed E-state index contributed by atoms with van der Waals surface area (Å²) in [5.41, 5.74) is -1.29. The Morgan fingerprint density at radius 1 is 1.36 bits per heavy atom. The van der Waals surface area contributed by atoms with Crippen molar-refractivity contribution in [1.29, 1.82) is 0 Å². The molecule has 0 bridgehead atoms. The van der Waals surface area contributed by atoms with Crippen LogP contribution in [0.1, 0.15) is 27.2 Å². The molecule has 0 saturated heterocycles. The Bertz CT molecular complexity index is 207. The molecular weight excluding hydrogens is 197 g/mol. The number of aliphatic hydroxyl groups is 1. The third kappa shape index (κ3) is 5.11. The molecule has 2 nitrogen and oxygen atoms in total. The van der Waals surface area contributed by atoms with Crippen molar-refractivity contribution in [2.75, 3.05) is 6.61 Å². The molecule has 0 amide bonds. The van der Waals surface area contributed by atoms with Crippen LogP contribution < -0.4 is 0 Å². The van der Waals surface area contributed by atoms with E-state index in [9.17, 15) is 18.3 Å². The Kier molecular flexibility index (Phi) is 4.45. The summed E-state index contributed by atoms with van der Waals surface area (Å²) in [4.78, 5) is 0. The van der Waals surface area contributed by atoms with E-state index in [1.807, 2.05) is 0 Å². The van der Waals surface area contributed by atoms with Crippen LogP contribution in [0, 0.1) is 0 Å². The molecule has 0 aromatic rings. The molecule has 0 radical (unpaired) electrons. The fraction of sp³-hybridized carbons (Fsp3) is 0.778. The van der Waals surface area contributed by atoms with Gasteiger partial charge in [0.1, 0.15) is 18.0 Å². The van der Waals surface area contributed by atoms with Crippen LogP contribution in [0.4, 0.5) is 13.2 Å². The zero-order chi connectivity index (χ0) is 11.4. The lowest BCUT2D eigenvalue weighted by Gasteiger charge is -2.25. The van der Waals surface area contributed by atoms with Crippen LogP contribution >= 0.6 is 0 Å². The minimum atomic E-state index is -4.37. The van der Waals surface area contributed by atoms with E-state index in [0.717, 1.165) is 0 Å². The number of aliphatic hydroxyl groups excluding tert-OH is 1. The molecule has 84 valence electrons.